The van der Waals surface area contributed by atoms with Crippen LogP contribution in [0.5, 0.6) is 0 Å². The van der Waals surface area contributed by atoms with E-state index in [4.69, 9.17) is 9.25 Å². The topological polar surface area (TPSA) is 60.5 Å². The van der Waals surface area contributed by atoms with Crippen LogP contribution in [0.15, 0.2) is 52.0 Å². The number of hydrogen-bond donors (Lipinski definition) is 0. The highest BCUT2D eigenvalue weighted by Crippen LogP contribution is 2.38. The highest BCUT2D eigenvalue weighted by Gasteiger charge is 2.26. The predicted molar refractivity (Wildman–Crippen MR) is 128 cm³/mol. The summed E-state index contributed by atoms with van der Waals surface area (Å²) in [4.78, 5) is 5.44. The Bertz CT molecular complexity index is 1110. The van der Waals surface area contributed by atoms with Crippen LogP contribution >= 0.6 is 0 Å². The number of aromatic nitrogens is 2. The molecule has 0 bridgehead atoms. The summed E-state index contributed by atoms with van der Waals surface area (Å²) in [6.07, 6.45) is 4.01. The fourth-order valence-electron chi connectivity index (χ4n) is 4.31. The molecule has 5 heteroatoms. The van der Waals surface area contributed by atoms with Gasteiger partial charge in [-0.05, 0) is 54.4 Å². The maximum absolute atomic E-state index is 5.82. The van der Waals surface area contributed by atoms with Gasteiger partial charge in [-0.1, -0.05) is 69.2 Å². The minimum Gasteiger partial charge on any atom is -0.425 e. The van der Waals surface area contributed by atoms with Crippen LogP contribution in [0.4, 0.5) is 0 Å². The van der Waals surface area contributed by atoms with Crippen molar-refractivity contribution in [1.29, 1.82) is 0 Å². The van der Waals surface area contributed by atoms with Gasteiger partial charge in [-0.15, -0.1) is 10.2 Å². The van der Waals surface area contributed by atoms with Gasteiger partial charge >= 0.3 is 0 Å². The zero-order valence-electron chi connectivity index (χ0n) is 19.8. The molecular formula is C27H33N3O2. The summed E-state index contributed by atoms with van der Waals surface area (Å²) in [5.41, 5.74) is 7.16. The summed E-state index contributed by atoms with van der Waals surface area (Å²) in [7, 11) is 0. The molecule has 168 valence electrons. The van der Waals surface area contributed by atoms with Gasteiger partial charge in [0.15, 0.2) is 0 Å². The molecule has 0 aliphatic heterocycles. The maximum Gasteiger partial charge on any atom is 0.219 e. The standard InChI is InChI=1S/C27H33N3O2/c1-6-31-30-25-22-12-8-7-11-20(22)21-14-13-19(16-23(21)25)10-9-15-27(4,5)17-24-28-29-26(32-24)18(2)3/h7-8,11-14,16,18H,6,9-10,15,17H2,1-5H3/b30-25-. The Kier molecular flexibility index (Phi) is 6.45. The van der Waals surface area contributed by atoms with Crippen LogP contribution in [0, 0.1) is 5.41 Å². The summed E-state index contributed by atoms with van der Waals surface area (Å²) >= 11 is 0. The fourth-order valence-corrected chi connectivity index (χ4v) is 4.31. The Labute approximate surface area is 190 Å². The Hall–Kier alpha value is -2.95. The molecule has 0 unspecified atom stereocenters. The van der Waals surface area contributed by atoms with Crippen LogP contribution in [0.2, 0.25) is 0 Å². The van der Waals surface area contributed by atoms with Crippen LogP contribution in [0.3, 0.4) is 0 Å². The first-order valence-corrected chi connectivity index (χ1v) is 11.6. The van der Waals surface area contributed by atoms with Gasteiger partial charge in [0.1, 0.15) is 12.3 Å². The van der Waals surface area contributed by atoms with E-state index in [0.29, 0.717) is 6.61 Å². The van der Waals surface area contributed by atoms with E-state index in [-0.39, 0.29) is 11.3 Å². The van der Waals surface area contributed by atoms with Crippen molar-refractivity contribution in [3.05, 3.63) is 70.9 Å². The summed E-state index contributed by atoms with van der Waals surface area (Å²) in [5, 5.41) is 12.8. The molecular weight excluding hydrogens is 398 g/mol. The molecule has 1 aliphatic rings. The third-order valence-electron chi connectivity index (χ3n) is 6.02. The van der Waals surface area contributed by atoms with E-state index < -0.39 is 0 Å². The lowest BCUT2D eigenvalue weighted by atomic mass is 9.83. The quantitative estimate of drug-likeness (QED) is 0.282. The first-order chi connectivity index (χ1) is 15.4. The van der Waals surface area contributed by atoms with E-state index in [1.54, 1.807) is 0 Å². The van der Waals surface area contributed by atoms with E-state index in [0.717, 1.165) is 48.7 Å². The number of rotatable bonds is 9. The van der Waals surface area contributed by atoms with Crippen molar-refractivity contribution in [3.8, 4) is 11.1 Å². The van der Waals surface area contributed by atoms with Gasteiger partial charge < -0.3 is 9.25 Å². The molecule has 4 rings (SSSR count). The normalized spacial score (nSPS) is 14.1. The minimum absolute atomic E-state index is 0.106. The van der Waals surface area contributed by atoms with Crippen molar-refractivity contribution in [1.82, 2.24) is 10.2 Å². The van der Waals surface area contributed by atoms with Gasteiger partial charge in [0, 0.05) is 23.5 Å². The van der Waals surface area contributed by atoms with E-state index in [1.165, 1.54) is 22.3 Å². The number of nitrogens with zero attached hydrogens (tertiary/aromatic N) is 3. The smallest absolute Gasteiger partial charge is 0.219 e. The SMILES string of the molecule is CCO/N=C1/c2ccccc2-c2ccc(CCCC(C)(C)Cc3nnc(C(C)C)o3)cc21. The summed E-state index contributed by atoms with van der Waals surface area (Å²) in [6, 6.07) is 15.2. The number of aryl methyl sites for hydroxylation is 1. The third kappa shape index (κ3) is 4.77. The van der Waals surface area contributed by atoms with Gasteiger partial charge in [-0.3, -0.25) is 0 Å². The maximum atomic E-state index is 5.82. The number of fused-ring (bicyclic) bond motifs is 3. The van der Waals surface area contributed by atoms with Crippen molar-refractivity contribution < 1.29 is 9.25 Å². The second-order valence-corrected chi connectivity index (χ2v) is 9.67. The van der Waals surface area contributed by atoms with Crippen molar-refractivity contribution in [2.45, 2.75) is 66.2 Å². The first kappa shape index (κ1) is 22.3. The second kappa shape index (κ2) is 9.27. The van der Waals surface area contributed by atoms with Crippen molar-refractivity contribution in [3.63, 3.8) is 0 Å². The first-order valence-electron chi connectivity index (χ1n) is 11.6. The molecule has 0 saturated carbocycles. The van der Waals surface area contributed by atoms with Gasteiger partial charge in [-0.2, -0.15) is 0 Å². The fraction of sp³-hybridized carbons (Fsp3) is 0.444. The largest absolute Gasteiger partial charge is 0.425 e. The molecule has 0 N–H and O–H groups in total. The van der Waals surface area contributed by atoms with Gasteiger partial charge in [0.2, 0.25) is 11.8 Å². The monoisotopic (exact) mass is 431 g/mol. The molecule has 1 aromatic heterocycles. The lowest BCUT2D eigenvalue weighted by Crippen LogP contribution is -2.15. The molecule has 1 aliphatic carbocycles. The number of oxime groups is 1. The lowest BCUT2D eigenvalue weighted by molar-refractivity contribution is 0.159. The van der Waals surface area contributed by atoms with Gasteiger partial charge in [0.25, 0.3) is 0 Å². The van der Waals surface area contributed by atoms with Crippen LogP contribution in [-0.4, -0.2) is 22.5 Å². The van der Waals surface area contributed by atoms with E-state index in [9.17, 15) is 0 Å². The molecule has 1 heterocycles. The second-order valence-electron chi connectivity index (χ2n) is 9.67. The average molecular weight is 432 g/mol. The molecule has 5 nitrogen and oxygen atoms in total. The van der Waals surface area contributed by atoms with Crippen LogP contribution < -0.4 is 0 Å². The van der Waals surface area contributed by atoms with Crippen LogP contribution in [0.1, 0.15) is 81.9 Å². The van der Waals surface area contributed by atoms with E-state index in [2.05, 4.69) is 85.5 Å². The Morgan fingerprint density at radius 2 is 1.75 bits per heavy atom. The van der Waals surface area contributed by atoms with Crippen LogP contribution in [0.25, 0.3) is 11.1 Å². The van der Waals surface area contributed by atoms with Crippen molar-refractivity contribution in [2.24, 2.45) is 10.6 Å². The molecule has 0 saturated heterocycles. The summed E-state index contributed by atoms with van der Waals surface area (Å²) in [6.45, 7) is 11.2. The molecule has 3 aromatic rings. The predicted octanol–water partition coefficient (Wildman–Crippen LogP) is 6.55. The van der Waals surface area contributed by atoms with E-state index in [1.807, 2.05) is 6.92 Å². The Morgan fingerprint density at radius 3 is 2.47 bits per heavy atom. The zero-order valence-corrected chi connectivity index (χ0v) is 19.8. The average Bonchev–Trinajstić information content (AvgIpc) is 3.34. The van der Waals surface area contributed by atoms with Gasteiger partial charge in [0.05, 0.1) is 0 Å². The molecule has 0 fully saturated rings. The highest BCUT2D eigenvalue weighted by molar-refractivity contribution is 6.24. The molecule has 0 radical (unpaired) electrons. The third-order valence-corrected chi connectivity index (χ3v) is 6.02. The number of benzene rings is 2. The number of hydrogen-bond acceptors (Lipinski definition) is 5. The molecule has 32 heavy (non-hydrogen) atoms. The van der Waals surface area contributed by atoms with Crippen molar-refractivity contribution in [2.75, 3.05) is 6.61 Å². The molecule has 0 atom stereocenters. The molecule has 0 amide bonds. The molecule has 2 aromatic carbocycles. The zero-order chi connectivity index (χ0) is 22.7. The summed E-state index contributed by atoms with van der Waals surface area (Å²) < 4.78 is 5.82. The van der Waals surface area contributed by atoms with Crippen molar-refractivity contribution >= 4 is 5.71 Å². The minimum atomic E-state index is 0.106. The Morgan fingerprint density at radius 1 is 1.00 bits per heavy atom. The lowest BCUT2D eigenvalue weighted by Gasteiger charge is -2.22. The van der Waals surface area contributed by atoms with Gasteiger partial charge in [-0.25, -0.2) is 0 Å². The summed E-state index contributed by atoms with van der Waals surface area (Å²) in [5.74, 6) is 1.73. The van der Waals surface area contributed by atoms with E-state index >= 15 is 0 Å². The van der Waals surface area contributed by atoms with Crippen LogP contribution in [-0.2, 0) is 17.7 Å². The highest BCUT2D eigenvalue weighted by atomic mass is 16.6. The molecule has 0 spiro atoms. The Balaban J connectivity index is 1.43.